The van der Waals surface area contributed by atoms with Crippen molar-refractivity contribution in [2.24, 2.45) is 0 Å². The number of nitrogens with one attached hydrogen (secondary N) is 1. The molecular formula is C16H24N4. The number of rotatable bonds is 6. The van der Waals surface area contributed by atoms with Gasteiger partial charge in [0.25, 0.3) is 0 Å². The molecule has 0 aliphatic heterocycles. The highest BCUT2D eigenvalue weighted by Crippen LogP contribution is 2.25. The summed E-state index contributed by atoms with van der Waals surface area (Å²) in [5.41, 5.74) is 8.67. The molecule has 108 valence electrons. The number of nitrogen functional groups attached to an aromatic ring is 1. The molecule has 0 saturated heterocycles. The predicted molar refractivity (Wildman–Crippen MR) is 87.0 cm³/mol. The lowest BCUT2D eigenvalue weighted by Crippen LogP contribution is -2.34. The van der Waals surface area contributed by atoms with E-state index in [1.54, 1.807) is 0 Å². The van der Waals surface area contributed by atoms with Crippen LogP contribution in [-0.2, 0) is 0 Å². The van der Waals surface area contributed by atoms with Crippen molar-refractivity contribution < 1.29 is 0 Å². The minimum absolute atomic E-state index is 0.377. The van der Waals surface area contributed by atoms with Crippen LogP contribution in [0.5, 0.6) is 0 Å². The molecule has 0 aliphatic carbocycles. The molecule has 1 aromatic carbocycles. The van der Waals surface area contributed by atoms with Gasteiger partial charge in [-0.1, -0.05) is 26.0 Å². The van der Waals surface area contributed by atoms with Gasteiger partial charge in [-0.15, -0.1) is 0 Å². The van der Waals surface area contributed by atoms with Crippen LogP contribution in [0.2, 0.25) is 0 Å². The molecule has 1 heterocycles. The number of para-hydroxylation sites is 1. The molecule has 4 heteroatoms. The lowest BCUT2D eigenvalue weighted by atomic mass is 10.1. The standard InChI is InChI=1S/C16H24N4/c1-4-20(5-2)11-12(3)19-15-9-10-18-16-13(15)7-6-8-14(16)17/h6-10,12H,4-5,11,17H2,1-3H3,(H,18,19). The molecule has 20 heavy (non-hydrogen) atoms. The van der Waals surface area contributed by atoms with Crippen molar-refractivity contribution in [2.45, 2.75) is 26.8 Å². The quantitative estimate of drug-likeness (QED) is 0.794. The monoisotopic (exact) mass is 272 g/mol. The van der Waals surface area contributed by atoms with Crippen LogP contribution in [0.15, 0.2) is 30.5 Å². The third kappa shape index (κ3) is 3.20. The normalized spacial score (nSPS) is 12.8. The smallest absolute Gasteiger partial charge is 0.0951 e. The second kappa shape index (κ2) is 6.57. The Morgan fingerprint density at radius 3 is 2.70 bits per heavy atom. The highest BCUT2D eigenvalue weighted by molar-refractivity contribution is 5.97. The van der Waals surface area contributed by atoms with E-state index in [4.69, 9.17) is 5.73 Å². The van der Waals surface area contributed by atoms with Gasteiger partial charge in [0.1, 0.15) is 0 Å². The molecule has 0 bridgehead atoms. The Morgan fingerprint density at radius 2 is 2.00 bits per heavy atom. The molecule has 1 unspecified atom stereocenters. The summed E-state index contributed by atoms with van der Waals surface area (Å²) < 4.78 is 0. The number of nitrogens with zero attached hydrogens (tertiary/aromatic N) is 2. The first-order valence-corrected chi connectivity index (χ1v) is 7.27. The molecule has 1 aromatic heterocycles. The summed E-state index contributed by atoms with van der Waals surface area (Å²) in [5, 5.41) is 4.66. The maximum absolute atomic E-state index is 5.98. The largest absolute Gasteiger partial charge is 0.397 e. The fraction of sp³-hybridized carbons (Fsp3) is 0.438. The van der Waals surface area contributed by atoms with Crippen LogP contribution < -0.4 is 11.1 Å². The Bertz CT molecular complexity index is 563. The van der Waals surface area contributed by atoms with Crippen LogP contribution in [0.4, 0.5) is 11.4 Å². The van der Waals surface area contributed by atoms with E-state index < -0.39 is 0 Å². The molecule has 3 N–H and O–H groups in total. The third-order valence-electron chi connectivity index (χ3n) is 3.63. The SMILES string of the molecule is CCN(CC)CC(C)Nc1ccnc2c(N)cccc12. The Balaban J connectivity index is 2.19. The van der Waals surface area contributed by atoms with E-state index in [0.717, 1.165) is 41.9 Å². The average molecular weight is 272 g/mol. The van der Waals surface area contributed by atoms with Crippen molar-refractivity contribution in [1.82, 2.24) is 9.88 Å². The lowest BCUT2D eigenvalue weighted by Gasteiger charge is -2.24. The fourth-order valence-electron chi connectivity index (χ4n) is 2.50. The van der Waals surface area contributed by atoms with Crippen molar-refractivity contribution in [3.05, 3.63) is 30.5 Å². The van der Waals surface area contributed by atoms with Crippen LogP contribution in [0.1, 0.15) is 20.8 Å². The molecule has 2 aromatic rings. The molecule has 0 amide bonds. The number of fused-ring (bicyclic) bond motifs is 1. The van der Waals surface area contributed by atoms with Gasteiger partial charge in [-0.2, -0.15) is 0 Å². The van der Waals surface area contributed by atoms with Crippen LogP contribution in [0, 0.1) is 0 Å². The number of anilines is 2. The Hall–Kier alpha value is -1.81. The van der Waals surface area contributed by atoms with E-state index in [2.05, 4.69) is 42.0 Å². The number of aromatic nitrogens is 1. The molecule has 0 saturated carbocycles. The molecule has 2 rings (SSSR count). The predicted octanol–water partition coefficient (Wildman–Crippen LogP) is 2.96. The summed E-state index contributed by atoms with van der Waals surface area (Å²) in [6, 6.07) is 8.31. The van der Waals surface area contributed by atoms with Crippen molar-refractivity contribution in [3.63, 3.8) is 0 Å². The highest BCUT2D eigenvalue weighted by Gasteiger charge is 2.09. The van der Waals surface area contributed by atoms with Crippen molar-refractivity contribution in [2.75, 3.05) is 30.7 Å². The maximum atomic E-state index is 5.98. The maximum Gasteiger partial charge on any atom is 0.0951 e. The van der Waals surface area contributed by atoms with Crippen LogP contribution >= 0.6 is 0 Å². The molecule has 0 radical (unpaired) electrons. The molecular weight excluding hydrogens is 248 g/mol. The first-order chi connectivity index (χ1) is 9.65. The first kappa shape index (κ1) is 14.6. The van der Waals surface area contributed by atoms with Crippen molar-refractivity contribution >= 4 is 22.3 Å². The van der Waals surface area contributed by atoms with Crippen LogP contribution in [-0.4, -0.2) is 35.6 Å². The zero-order valence-corrected chi connectivity index (χ0v) is 12.6. The Kier molecular flexibility index (Phi) is 4.79. The fourth-order valence-corrected chi connectivity index (χ4v) is 2.50. The van der Waals surface area contributed by atoms with Gasteiger partial charge in [-0.05, 0) is 32.1 Å². The number of hydrogen-bond acceptors (Lipinski definition) is 4. The van der Waals surface area contributed by atoms with Crippen LogP contribution in [0.3, 0.4) is 0 Å². The number of hydrogen-bond donors (Lipinski definition) is 2. The van der Waals surface area contributed by atoms with E-state index in [1.807, 2.05) is 24.4 Å². The Morgan fingerprint density at radius 1 is 1.25 bits per heavy atom. The third-order valence-corrected chi connectivity index (χ3v) is 3.63. The summed E-state index contributed by atoms with van der Waals surface area (Å²) >= 11 is 0. The average Bonchev–Trinajstić information content (AvgIpc) is 2.46. The summed E-state index contributed by atoms with van der Waals surface area (Å²) in [7, 11) is 0. The molecule has 0 spiro atoms. The molecule has 0 aliphatic rings. The summed E-state index contributed by atoms with van der Waals surface area (Å²) in [4.78, 5) is 6.78. The van der Waals surface area contributed by atoms with E-state index in [1.165, 1.54) is 0 Å². The highest BCUT2D eigenvalue weighted by atomic mass is 15.1. The van der Waals surface area contributed by atoms with Gasteiger partial charge in [0.15, 0.2) is 0 Å². The second-order valence-corrected chi connectivity index (χ2v) is 5.13. The lowest BCUT2D eigenvalue weighted by molar-refractivity contribution is 0.295. The second-order valence-electron chi connectivity index (χ2n) is 5.13. The van der Waals surface area contributed by atoms with Gasteiger partial charge in [-0.3, -0.25) is 4.98 Å². The van der Waals surface area contributed by atoms with E-state index in [-0.39, 0.29) is 0 Å². The zero-order valence-electron chi connectivity index (χ0n) is 12.6. The summed E-state index contributed by atoms with van der Waals surface area (Å²) in [6.45, 7) is 9.77. The van der Waals surface area contributed by atoms with Gasteiger partial charge in [-0.25, -0.2) is 0 Å². The zero-order chi connectivity index (χ0) is 14.5. The minimum atomic E-state index is 0.377. The number of nitrogens with two attached hydrogens (primary N) is 1. The molecule has 4 nitrogen and oxygen atoms in total. The molecule has 1 atom stereocenters. The van der Waals surface area contributed by atoms with Gasteiger partial charge in [0, 0.05) is 29.9 Å². The summed E-state index contributed by atoms with van der Waals surface area (Å²) in [6.07, 6.45) is 1.81. The Labute approximate surface area is 121 Å². The van der Waals surface area contributed by atoms with E-state index >= 15 is 0 Å². The minimum Gasteiger partial charge on any atom is -0.397 e. The number of likely N-dealkylation sites (N-methyl/N-ethyl adjacent to an activating group) is 1. The van der Waals surface area contributed by atoms with Gasteiger partial charge in [0.05, 0.1) is 11.2 Å². The van der Waals surface area contributed by atoms with Crippen molar-refractivity contribution in [3.8, 4) is 0 Å². The number of benzene rings is 1. The first-order valence-electron chi connectivity index (χ1n) is 7.27. The van der Waals surface area contributed by atoms with Gasteiger partial charge in [0.2, 0.25) is 0 Å². The van der Waals surface area contributed by atoms with Crippen molar-refractivity contribution in [1.29, 1.82) is 0 Å². The van der Waals surface area contributed by atoms with E-state index in [0.29, 0.717) is 6.04 Å². The van der Waals surface area contributed by atoms with Gasteiger partial charge >= 0.3 is 0 Å². The summed E-state index contributed by atoms with van der Waals surface area (Å²) in [5.74, 6) is 0. The number of pyridine rings is 1. The molecule has 0 fully saturated rings. The van der Waals surface area contributed by atoms with Gasteiger partial charge < -0.3 is 16.0 Å². The topological polar surface area (TPSA) is 54.2 Å². The van der Waals surface area contributed by atoms with E-state index in [9.17, 15) is 0 Å². The van der Waals surface area contributed by atoms with Crippen LogP contribution in [0.25, 0.3) is 10.9 Å².